The standard InChI is InChI=1S/C20H14BrNO4/c1-3-8-26-19-17(21)10-13(11-18(19)25-2)9-16(12-22)14-4-6-15(7-5-14)20(23)24/h1,4-7,9-11H,8H2,2H3,(H,23,24)/b16-9+. The zero-order valence-corrected chi connectivity index (χ0v) is 15.4. The molecule has 1 N–H and O–H groups in total. The summed E-state index contributed by atoms with van der Waals surface area (Å²) in [6, 6.07) is 11.7. The van der Waals surface area contributed by atoms with Crippen LogP contribution in [0.2, 0.25) is 0 Å². The summed E-state index contributed by atoms with van der Waals surface area (Å²) >= 11 is 3.41. The van der Waals surface area contributed by atoms with Crippen LogP contribution in [0, 0.1) is 23.7 Å². The number of halogens is 1. The van der Waals surface area contributed by atoms with E-state index in [4.69, 9.17) is 21.0 Å². The van der Waals surface area contributed by atoms with E-state index in [1.54, 1.807) is 30.3 Å². The van der Waals surface area contributed by atoms with Gasteiger partial charge >= 0.3 is 5.97 Å². The third-order valence-corrected chi connectivity index (χ3v) is 4.01. The first-order valence-corrected chi connectivity index (χ1v) is 8.18. The molecular formula is C20H14BrNO4. The van der Waals surface area contributed by atoms with Gasteiger partial charge in [0.15, 0.2) is 11.5 Å². The molecule has 0 saturated carbocycles. The number of carboxylic acid groups (broad SMARTS) is 1. The minimum Gasteiger partial charge on any atom is -0.493 e. The molecule has 0 atom stereocenters. The third-order valence-electron chi connectivity index (χ3n) is 3.43. The van der Waals surface area contributed by atoms with Crippen LogP contribution in [0.3, 0.4) is 0 Å². The minimum atomic E-state index is -1.02. The van der Waals surface area contributed by atoms with Crippen molar-refractivity contribution in [2.24, 2.45) is 0 Å². The molecule has 26 heavy (non-hydrogen) atoms. The van der Waals surface area contributed by atoms with Crippen molar-refractivity contribution in [3.8, 4) is 29.9 Å². The first kappa shape index (κ1) is 19.1. The highest BCUT2D eigenvalue weighted by atomic mass is 79.9. The molecule has 0 aromatic heterocycles. The van der Waals surface area contributed by atoms with E-state index in [9.17, 15) is 10.1 Å². The molecule has 0 aliphatic carbocycles. The molecule has 0 aliphatic heterocycles. The van der Waals surface area contributed by atoms with Crippen LogP contribution >= 0.6 is 15.9 Å². The van der Waals surface area contributed by atoms with Crippen LogP contribution in [0.15, 0.2) is 40.9 Å². The molecule has 0 radical (unpaired) electrons. The highest BCUT2D eigenvalue weighted by Gasteiger charge is 2.12. The normalized spacial score (nSPS) is 10.5. The van der Waals surface area contributed by atoms with Gasteiger partial charge < -0.3 is 14.6 Å². The molecule has 2 aromatic rings. The number of carbonyl (C=O) groups is 1. The van der Waals surface area contributed by atoms with E-state index in [1.165, 1.54) is 19.2 Å². The topological polar surface area (TPSA) is 79.5 Å². The van der Waals surface area contributed by atoms with E-state index in [1.807, 2.05) is 0 Å². The lowest BCUT2D eigenvalue weighted by Gasteiger charge is -2.12. The summed E-state index contributed by atoms with van der Waals surface area (Å²) < 4.78 is 11.4. The van der Waals surface area contributed by atoms with Crippen LogP contribution in [0.1, 0.15) is 21.5 Å². The highest BCUT2D eigenvalue weighted by Crippen LogP contribution is 2.37. The summed E-state index contributed by atoms with van der Waals surface area (Å²) in [7, 11) is 1.51. The summed E-state index contributed by atoms with van der Waals surface area (Å²) in [5.74, 6) is 2.32. The predicted octanol–water partition coefficient (Wildman–Crippen LogP) is 4.23. The van der Waals surface area contributed by atoms with E-state index in [-0.39, 0.29) is 12.2 Å². The van der Waals surface area contributed by atoms with Crippen LogP contribution in [0.5, 0.6) is 11.5 Å². The SMILES string of the molecule is C#CCOc1c(Br)cc(/C=C(\C#N)c2ccc(C(=O)O)cc2)cc1OC. The second-order valence-electron chi connectivity index (χ2n) is 5.08. The van der Waals surface area contributed by atoms with E-state index in [0.717, 1.165) is 0 Å². The van der Waals surface area contributed by atoms with Gasteiger partial charge in [0.05, 0.1) is 28.8 Å². The molecule has 0 amide bonds. The molecule has 0 saturated heterocycles. The molecule has 0 unspecified atom stereocenters. The smallest absolute Gasteiger partial charge is 0.335 e. The molecule has 5 nitrogen and oxygen atoms in total. The lowest BCUT2D eigenvalue weighted by atomic mass is 10.0. The van der Waals surface area contributed by atoms with Crippen LogP contribution < -0.4 is 9.47 Å². The number of methoxy groups -OCH3 is 1. The summed E-state index contributed by atoms with van der Waals surface area (Å²) in [4.78, 5) is 10.9. The number of benzene rings is 2. The number of nitriles is 1. The van der Waals surface area contributed by atoms with Gasteiger partial charge in [-0.15, -0.1) is 6.42 Å². The molecule has 0 heterocycles. The van der Waals surface area contributed by atoms with Gasteiger partial charge in [0.2, 0.25) is 0 Å². The number of hydrogen-bond donors (Lipinski definition) is 1. The van der Waals surface area contributed by atoms with E-state index < -0.39 is 5.97 Å². The predicted molar refractivity (Wildman–Crippen MR) is 102 cm³/mol. The summed E-state index contributed by atoms with van der Waals surface area (Å²) in [6.45, 7) is 0.101. The number of carboxylic acids is 1. The van der Waals surface area contributed by atoms with Crippen molar-refractivity contribution in [3.05, 3.63) is 57.6 Å². The Kier molecular flexibility index (Phi) is 6.43. The van der Waals surface area contributed by atoms with Crippen LogP contribution in [-0.4, -0.2) is 24.8 Å². The van der Waals surface area contributed by atoms with Crippen molar-refractivity contribution in [3.63, 3.8) is 0 Å². The Bertz CT molecular complexity index is 934. The average molecular weight is 412 g/mol. The van der Waals surface area contributed by atoms with Gasteiger partial charge in [-0.1, -0.05) is 18.1 Å². The Morgan fingerprint density at radius 3 is 2.50 bits per heavy atom. The van der Waals surface area contributed by atoms with Gasteiger partial charge in [0.25, 0.3) is 0 Å². The lowest BCUT2D eigenvalue weighted by molar-refractivity contribution is 0.0697. The van der Waals surface area contributed by atoms with Gasteiger partial charge in [-0.3, -0.25) is 0 Å². The molecule has 0 fully saturated rings. The largest absolute Gasteiger partial charge is 0.493 e. The first-order valence-electron chi connectivity index (χ1n) is 7.39. The molecule has 6 heteroatoms. The van der Waals surface area contributed by atoms with E-state index in [2.05, 4.69) is 27.9 Å². The number of hydrogen-bond acceptors (Lipinski definition) is 4. The fourth-order valence-electron chi connectivity index (χ4n) is 2.22. The Morgan fingerprint density at radius 1 is 1.31 bits per heavy atom. The van der Waals surface area contributed by atoms with E-state index >= 15 is 0 Å². The van der Waals surface area contributed by atoms with Crippen LogP contribution in [0.25, 0.3) is 11.6 Å². The van der Waals surface area contributed by atoms with Gasteiger partial charge in [0.1, 0.15) is 6.61 Å². The fourth-order valence-corrected chi connectivity index (χ4v) is 2.79. The Balaban J connectivity index is 2.42. The van der Waals surface area contributed by atoms with Crippen LogP contribution in [0.4, 0.5) is 0 Å². The quantitative estimate of drug-likeness (QED) is 0.436. The number of nitrogens with zero attached hydrogens (tertiary/aromatic N) is 1. The molecule has 0 spiro atoms. The van der Waals surface area contributed by atoms with Gasteiger partial charge in [0, 0.05) is 0 Å². The lowest BCUT2D eigenvalue weighted by Crippen LogP contribution is -1.98. The van der Waals surface area contributed by atoms with Gasteiger partial charge in [-0.25, -0.2) is 4.79 Å². The van der Waals surface area contributed by atoms with Crippen molar-refractivity contribution >= 4 is 33.5 Å². The van der Waals surface area contributed by atoms with Crippen molar-refractivity contribution < 1.29 is 19.4 Å². The maximum absolute atomic E-state index is 10.9. The Morgan fingerprint density at radius 2 is 1.96 bits per heavy atom. The maximum atomic E-state index is 10.9. The summed E-state index contributed by atoms with van der Waals surface area (Å²) in [5, 5.41) is 18.4. The Hall–Kier alpha value is -3.22. The maximum Gasteiger partial charge on any atom is 0.335 e. The minimum absolute atomic E-state index is 0.101. The molecular weight excluding hydrogens is 398 g/mol. The van der Waals surface area contributed by atoms with Crippen molar-refractivity contribution in [1.29, 1.82) is 5.26 Å². The second-order valence-corrected chi connectivity index (χ2v) is 5.93. The van der Waals surface area contributed by atoms with Crippen molar-refractivity contribution in [2.45, 2.75) is 0 Å². The first-order chi connectivity index (χ1) is 12.5. The molecule has 130 valence electrons. The van der Waals surface area contributed by atoms with Gasteiger partial charge in [-0.05, 0) is 57.4 Å². The molecule has 0 aliphatic rings. The number of rotatable bonds is 6. The number of ether oxygens (including phenoxy) is 2. The molecule has 2 rings (SSSR count). The zero-order valence-electron chi connectivity index (χ0n) is 13.8. The average Bonchev–Trinajstić information content (AvgIpc) is 2.64. The van der Waals surface area contributed by atoms with E-state index in [0.29, 0.717) is 32.7 Å². The molecule has 2 aromatic carbocycles. The molecule has 0 bridgehead atoms. The van der Waals surface area contributed by atoms with Crippen LogP contribution in [-0.2, 0) is 0 Å². The van der Waals surface area contributed by atoms with Crippen molar-refractivity contribution in [1.82, 2.24) is 0 Å². The van der Waals surface area contributed by atoms with Crippen molar-refractivity contribution in [2.75, 3.05) is 13.7 Å². The number of allylic oxidation sites excluding steroid dienone is 1. The second kappa shape index (κ2) is 8.75. The highest BCUT2D eigenvalue weighted by molar-refractivity contribution is 9.10. The monoisotopic (exact) mass is 411 g/mol. The zero-order chi connectivity index (χ0) is 19.1. The third kappa shape index (κ3) is 4.44. The Labute approximate surface area is 159 Å². The summed E-state index contributed by atoms with van der Waals surface area (Å²) in [5.41, 5.74) is 1.86. The number of terminal acetylenes is 1. The van der Waals surface area contributed by atoms with Gasteiger partial charge in [-0.2, -0.15) is 5.26 Å². The fraction of sp³-hybridized carbons (Fsp3) is 0.100. The number of aromatic carboxylic acids is 1. The summed E-state index contributed by atoms with van der Waals surface area (Å²) in [6.07, 6.45) is 6.89.